The molecule has 9 N–H and O–H groups in total. The van der Waals surface area contributed by atoms with Crippen molar-refractivity contribution in [3.63, 3.8) is 0 Å². The molecule has 0 rings (SSSR count). The number of carboxylic acids is 5. The normalized spacial score (nSPS) is 12.3. The molecule has 0 spiro atoms. The van der Waals surface area contributed by atoms with Gasteiger partial charge in [0.15, 0.2) is 5.60 Å². The number of rotatable bonds is 11. The summed E-state index contributed by atoms with van der Waals surface area (Å²) in [6, 6.07) is 0. The summed E-state index contributed by atoms with van der Waals surface area (Å²) >= 11 is 0. The molecule has 1 atom stereocenters. The fourth-order valence-corrected chi connectivity index (χ4v) is 1.77. The van der Waals surface area contributed by atoms with Crippen LogP contribution >= 0.6 is 0 Å². The first-order valence-electron chi connectivity index (χ1n) is 6.30. The van der Waals surface area contributed by atoms with Crippen LogP contribution in [-0.2, 0) is 33.5 Å². The topological polar surface area (TPSA) is 268 Å². The molecule has 0 aliphatic rings. The Hall–Kier alpha value is -2.26. The minimum atomic E-state index is -3.17. The molecule has 27 heavy (non-hydrogen) atoms. The third-order valence-corrected chi connectivity index (χ3v) is 2.85. The van der Waals surface area contributed by atoms with E-state index < -0.39 is 72.7 Å². The molecule has 1 unspecified atom stereocenters. The predicted molar refractivity (Wildman–Crippen MR) is 82.6 cm³/mol. The van der Waals surface area contributed by atoms with E-state index in [9.17, 15) is 33.9 Å². The summed E-state index contributed by atoms with van der Waals surface area (Å²) in [7, 11) is 0. The van der Waals surface area contributed by atoms with Gasteiger partial charge in [0.05, 0.1) is 25.7 Å². The molecule has 0 amide bonds. The predicted octanol–water partition coefficient (Wildman–Crippen LogP) is -2.50. The number of esters is 1. The quantitative estimate of drug-likeness (QED) is 0.138. The van der Waals surface area contributed by atoms with Gasteiger partial charge >= 0.3 is 65.4 Å². The molecule has 0 aromatic rings. The summed E-state index contributed by atoms with van der Waals surface area (Å²) in [5.41, 5.74) is -6.24. The van der Waals surface area contributed by atoms with Crippen LogP contribution in [0.5, 0.6) is 0 Å². The fraction of sp³-hybridized carbons (Fsp3) is 0.500. The van der Waals surface area contributed by atoms with Gasteiger partial charge in [-0.05, 0) is 0 Å². The maximum absolute atomic E-state index is 11.7. The van der Waals surface area contributed by atoms with E-state index in [0.29, 0.717) is 0 Å². The first-order chi connectivity index (χ1) is 11.2. The molecule has 0 aromatic heterocycles. The maximum atomic E-state index is 11.7. The van der Waals surface area contributed by atoms with Gasteiger partial charge < -0.3 is 41.5 Å². The first-order valence-corrected chi connectivity index (χ1v) is 6.30. The minimum absolute atomic E-state index is 0. The van der Waals surface area contributed by atoms with Crippen LogP contribution in [-0.4, -0.2) is 107 Å². The van der Waals surface area contributed by atoms with Crippen molar-refractivity contribution in [1.29, 1.82) is 0 Å². The molecule has 14 nitrogen and oxygen atoms in total. The Morgan fingerprint density at radius 2 is 1.04 bits per heavy atom. The van der Waals surface area contributed by atoms with Crippen molar-refractivity contribution in [2.75, 3.05) is 0 Å². The molecule has 0 radical (unpaired) electrons. The number of ether oxygens (including phenoxy) is 1. The van der Waals surface area contributed by atoms with Gasteiger partial charge in [-0.3, -0.25) is 19.2 Å². The molecule has 0 fully saturated rings. The van der Waals surface area contributed by atoms with Gasteiger partial charge in [-0.15, -0.1) is 0 Å². The van der Waals surface area contributed by atoms with Crippen molar-refractivity contribution in [2.45, 2.75) is 36.9 Å². The van der Waals surface area contributed by atoms with Gasteiger partial charge in [0, 0.05) is 0 Å². The fourth-order valence-electron chi connectivity index (χ4n) is 1.77. The van der Waals surface area contributed by atoms with Gasteiger partial charge in [-0.2, -0.15) is 0 Å². The molecule has 150 valence electrons. The van der Waals surface area contributed by atoms with E-state index in [2.05, 4.69) is 4.74 Å². The second-order valence-electron chi connectivity index (χ2n) is 5.00. The Labute approximate surface area is 172 Å². The third-order valence-electron chi connectivity index (χ3n) is 2.85. The molecule has 0 saturated carbocycles. The number of hydrogen-bond donors (Lipinski definition) is 7. The van der Waals surface area contributed by atoms with Gasteiger partial charge in [0.25, 0.3) is 0 Å². The Morgan fingerprint density at radius 1 is 0.667 bits per heavy atom. The average Bonchev–Trinajstić information content (AvgIpc) is 2.34. The van der Waals surface area contributed by atoms with Crippen molar-refractivity contribution in [3.05, 3.63) is 0 Å². The molecule has 0 bridgehead atoms. The standard InChI is InChI=1S/C12H14O13.H3N.Na.H/c13-5(14)1-11(24,9(20)21)4-8(19)25-12(10(22)23,2-6(15)16)3-7(17)18;;;/h24H,1-4H2,(H,13,14)(H,15,16)(H,17,18)(H,20,21)(H,22,23);1H3;;. The number of aliphatic hydroxyl groups is 1. The first kappa shape index (κ1) is 29.5. The van der Waals surface area contributed by atoms with E-state index in [1.807, 2.05) is 0 Å². The number of carboxylic acid groups (broad SMARTS) is 5. The van der Waals surface area contributed by atoms with Gasteiger partial charge in [-0.1, -0.05) is 0 Å². The van der Waals surface area contributed by atoms with E-state index in [-0.39, 0.29) is 35.7 Å². The van der Waals surface area contributed by atoms with Crippen molar-refractivity contribution < 1.29 is 64.1 Å². The number of hydrogen-bond acceptors (Lipinski definition) is 9. The summed E-state index contributed by atoms with van der Waals surface area (Å²) in [5.74, 6) is -11.6. The number of aliphatic carboxylic acids is 5. The zero-order valence-corrected chi connectivity index (χ0v) is 13.1. The summed E-state index contributed by atoms with van der Waals surface area (Å²) in [5, 5.41) is 53.5. The van der Waals surface area contributed by atoms with Crippen molar-refractivity contribution in [1.82, 2.24) is 6.15 Å². The number of carbonyl (C=O) groups excluding carboxylic acids is 1. The van der Waals surface area contributed by atoms with E-state index in [1.165, 1.54) is 0 Å². The SMILES string of the molecule is N.O=C(O)CC(O)(CC(=O)OC(CC(=O)O)(CC(=O)O)C(=O)O)C(=O)O.[NaH]. The average molecular weight is 407 g/mol. The van der Waals surface area contributed by atoms with Crippen LogP contribution in [0.2, 0.25) is 0 Å². The summed E-state index contributed by atoms with van der Waals surface area (Å²) in [6.07, 6.45) is -5.94. The zero-order valence-electron chi connectivity index (χ0n) is 13.1. The summed E-state index contributed by atoms with van der Waals surface area (Å²) in [4.78, 5) is 66.0. The van der Waals surface area contributed by atoms with Crippen LogP contribution in [0.3, 0.4) is 0 Å². The molecule has 0 aliphatic heterocycles. The number of carbonyl (C=O) groups is 6. The summed E-state index contributed by atoms with van der Waals surface area (Å²) in [6.45, 7) is 0. The molecule has 0 aromatic carbocycles. The van der Waals surface area contributed by atoms with Gasteiger partial charge in [0.1, 0.15) is 0 Å². The van der Waals surface area contributed by atoms with Crippen LogP contribution < -0.4 is 6.15 Å². The van der Waals surface area contributed by atoms with Crippen LogP contribution in [0.25, 0.3) is 0 Å². The monoisotopic (exact) mass is 407 g/mol. The second-order valence-corrected chi connectivity index (χ2v) is 5.00. The molecular weight excluding hydrogens is 389 g/mol. The summed E-state index contributed by atoms with van der Waals surface area (Å²) < 4.78 is 4.33. The van der Waals surface area contributed by atoms with E-state index in [1.54, 1.807) is 0 Å². The van der Waals surface area contributed by atoms with Crippen LogP contribution in [0.1, 0.15) is 25.7 Å². The molecule has 0 heterocycles. The zero-order chi connectivity index (χ0) is 20.0. The third kappa shape index (κ3) is 9.30. The van der Waals surface area contributed by atoms with Crippen molar-refractivity contribution in [3.8, 4) is 0 Å². The van der Waals surface area contributed by atoms with E-state index in [0.717, 1.165) is 0 Å². The second kappa shape index (κ2) is 11.5. The van der Waals surface area contributed by atoms with E-state index in [4.69, 9.17) is 25.5 Å². The molecule has 0 aliphatic carbocycles. The Morgan fingerprint density at radius 3 is 1.30 bits per heavy atom. The molecule has 15 heteroatoms. The van der Waals surface area contributed by atoms with Crippen LogP contribution in [0.4, 0.5) is 0 Å². The van der Waals surface area contributed by atoms with Crippen LogP contribution in [0, 0.1) is 0 Å². The van der Waals surface area contributed by atoms with Gasteiger partial charge in [-0.25, -0.2) is 9.59 Å². The van der Waals surface area contributed by atoms with E-state index >= 15 is 0 Å². The van der Waals surface area contributed by atoms with Crippen molar-refractivity contribution in [2.24, 2.45) is 0 Å². The van der Waals surface area contributed by atoms with Crippen molar-refractivity contribution >= 4 is 65.4 Å². The van der Waals surface area contributed by atoms with Crippen LogP contribution in [0.15, 0.2) is 0 Å². The Kier molecular flexibility index (Phi) is 12.5. The Bertz CT molecular complexity index is 602. The van der Waals surface area contributed by atoms with Gasteiger partial charge in [0.2, 0.25) is 5.60 Å². The Balaban J connectivity index is -0.00000288. The molecular formula is C12H18NNaO13. The molecule has 0 saturated heterocycles.